The van der Waals surface area contributed by atoms with Gasteiger partial charge in [-0.1, -0.05) is 55.6 Å². The molecular weight excluding hydrogens is 372 g/mol. The summed E-state index contributed by atoms with van der Waals surface area (Å²) in [5.74, 6) is -1.91. The number of nitrogens with one attached hydrogen (secondary N) is 1. The summed E-state index contributed by atoms with van der Waals surface area (Å²) >= 11 is 3.22. The van der Waals surface area contributed by atoms with Crippen LogP contribution in [0.5, 0.6) is 0 Å². The number of carbonyl (C=O) groups excluding carboxylic acids is 1. The molecule has 0 atom stereocenters. The number of hydrogen-bond acceptors (Lipinski definition) is 7. The molecule has 9 heteroatoms. The standard InChI is InChI=1S/C15H17F2N3OS3/c1-15(2,3)11(21)8-22-14-20-19-13(24-14)18-9-4-6-10(7-5-9)23-12(16)17/h4-7,12H,8H2,1-3H3,(H,18,19). The normalized spacial score (nSPS) is 11.8. The second kappa shape index (κ2) is 8.26. The molecule has 0 unspecified atom stereocenters. The van der Waals surface area contributed by atoms with Gasteiger partial charge in [-0.05, 0) is 24.3 Å². The Morgan fingerprint density at radius 3 is 2.50 bits per heavy atom. The van der Waals surface area contributed by atoms with Gasteiger partial charge >= 0.3 is 0 Å². The first kappa shape index (κ1) is 19.1. The Kier molecular flexibility index (Phi) is 6.59. The summed E-state index contributed by atoms with van der Waals surface area (Å²) in [7, 11) is 0. The van der Waals surface area contributed by atoms with Crippen molar-refractivity contribution in [3.05, 3.63) is 24.3 Å². The first-order valence-electron chi connectivity index (χ1n) is 7.05. The Morgan fingerprint density at radius 2 is 1.92 bits per heavy atom. The van der Waals surface area contributed by atoms with Crippen molar-refractivity contribution >= 4 is 51.5 Å². The number of carbonyl (C=O) groups is 1. The van der Waals surface area contributed by atoms with E-state index < -0.39 is 5.76 Å². The van der Waals surface area contributed by atoms with E-state index in [2.05, 4.69) is 15.5 Å². The van der Waals surface area contributed by atoms with Gasteiger partial charge in [0.15, 0.2) is 4.34 Å². The van der Waals surface area contributed by atoms with Crippen LogP contribution in [0, 0.1) is 5.41 Å². The minimum atomic E-state index is -2.43. The number of alkyl halides is 2. The third-order valence-corrected chi connectivity index (χ3v) is 5.59. The number of halogens is 2. The zero-order valence-electron chi connectivity index (χ0n) is 13.4. The van der Waals surface area contributed by atoms with Crippen LogP contribution in [-0.2, 0) is 4.79 Å². The maximum atomic E-state index is 12.3. The van der Waals surface area contributed by atoms with Gasteiger partial charge in [-0.15, -0.1) is 10.2 Å². The molecule has 0 aliphatic rings. The van der Waals surface area contributed by atoms with Crippen LogP contribution in [0.2, 0.25) is 0 Å². The van der Waals surface area contributed by atoms with E-state index in [1.165, 1.54) is 23.1 Å². The lowest BCUT2D eigenvalue weighted by Crippen LogP contribution is -2.21. The number of nitrogens with zero attached hydrogens (tertiary/aromatic N) is 2. The zero-order valence-corrected chi connectivity index (χ0v) is 15.8. The van der Waals surface area contributed by atoms with Gasteiger partial charge in [0.25, 0.3) is 5.76 Å². The predicted molar refractivity (Wildman–Crippen MR) is 96.7 cm³/mol. The third kappa shape index (κ3) is 6.03. The van der Waals surface area contributed by atoms with Crippen molar-refractivity contribution in [2.75, 3.05) is 11.1 Å². The molecule has 0 bridgehead atoms. The van der Waals surface area contributed by atoms with Gasteiger partial charge in [-0.25, -0.2) is 0 Å². The first-order valence-corrected chi connectivity index (χ1v) is 9.74. The molecule has 2 aromatic rings. The molecule has 4 nitrogen and oxygen atoms in total. The van der Waals surface area contributed by atoms with Crippen molar-refractivity contribution in [3.63, 3.8) is 0 Å². The molecule has 1 aromatic carbocycles. The lowest BCUT2D eigenvalue weighted by molar-refractivity contribution is -0.123. The smallest absolute Gasteiger partial charge is 0.288 e. The van der Waals surface area contributed by atoms with Crippen LogP contribution in [0.25, 0.3) is 0 Å². The second-order valence-electron chi connectivity index (χ2n) is 5.86. The highest BCUT2D eigenvalue weighted by molar-refractivity contribution is 8.01. The molecule has 0 amide bonds. The van der Waals surface area contributed by atoms with Crippen molar-refractivity contribution in [2.24, 2.45) is 5.41 Å². The van der Waals surface area contributed by atoms with E-state index in [9.17, 15) is 13.6 Å². The van der Waals surface area contributed by atoms with E-state index in [0.717, 1.165) is 5.69 Å². The van der Waals surface area contributed by atoms with Crippen LogP contribution >= 0.6 is 34.9 Å². The first-order chi connectivity index (χ1) is 11.2. The summed E-state index contributed by atoms with van der Waals surface area (Å²) in [6.07, 6.45) is 0. The molecule has 0 aliphatic heterocycles. The fourth-order valence-corrected chi connectivity index (χ4v) is 3.94. The van der Waals surface area contributed by atoms with E-state index in [-0.39, 0.29) is 11.2 Å². The average Bonchev–Trinajstić information content (AvgIpc) is 2.93. The van der Waals surface area contributed by atoms with Crippen LogP contribution in [-0.4, -0.2) is 27.5 Å². The number of anilines is 2. The Labute approximate surface area is 151 Å². The SMILES string of the molecule is CC(C)(C)C(=O)CSc1nnc(Nc2ccc(SC(F)F)cc2)s1. The quantitative estimate of drug-likeness (QED) is 0.648. The Hall–Kier alpha value is -1.19. The molecule has 0 aliphatic carbocycles. The molecule has 24 heavy (non-hydrogen) atoms. The van der Waals surface area contributed by atoms with E-state index in [0.29, 0.717) is 31.9 Å². The van der Waals surface area contributed by atoms with Crippen LogP contribution in [0.1, 0.15) is 20.8 Å². The van der Waals surface area contributed by atoms with Crippen LogP contribution in [0.4, 0.5) is 19.6 Å². The van der Waals surface area contributed by atoms with Gasteiger partial charge in [0, 0.05) is 16.0 Å². The van der Waals surface area contributed by atoms with Crippen molar-refractivity contribution in [1.29, 1.82) is 0 Å². The summed E-state index contributed by atoms with van der Waals surface area (Å²) in [5, 5.41) is 11.7. The fourth-order valence-electron chi connectivity index (χ4n) is 1.51. The summed E-state index contributed by atoms with van der Waals surface area (Å²) in [5.41, 5.74) is 0.378. The molecule has 0 spiro atoms. The summed E-state index contributed by atoms with van der Waals surface area (Å²) in [6, 6.07) is 6.67. The largest absolute Gasteiger partial charge is 0.330 e. The van der Waals surface area contributed by atoms with Crippen molar-refractivity contribution < 1.29 is 13.6 Å². The lowest BCUT2D eigenvalue weighted by Gasteiger charge is -2.15. The highest BCUT2D eigenvalue weighted by atomic mass is 32.2. The minimum Gasteiger partial charge on any atom is -0.330 e. The van der Waals surface area contributed by atoms with Crippen molar-refractivity contribution in [1.82, 2.24) is 10.2 Å². The van der Waals surface area contributed by atoms with Crippen LogP contribution in [0.3, 0.4) is 0 Å². The van der Waals surface area contributed by atoms with Gasteiger partial charge in [-0.2, -0.15) is 8.78 Å². The highest BCUT2D eigenvalue weighted by Gasteiger charge is 2.21. The molecule has 1 heterocycles. The molecule has 1 N–H and O–H groups in total. The molecule has 0 saturated heterocycles. The van der Waals surface area contributed by atoms with E-state index in [4.69, 9.17) is 0 Å². The Bertz CT molecular complexity index is 684. The molecule has 2 rings (SSSR count). The van der Waals surface area contributed by atoms with Crippen molar-refractivity contribution in [3.8, 4) is 0 Å². The van der Waals surface area contributed by atoms with Gasteiger partial charge in [0.2, 0.25) is 5.13 Å². The average molecular weight is 390 g/mol. The topological polar surface area (TPSA) is 54.9 Å². The lowest BCUT2D eigenvalue weighted by atomic mass is 9.92. The second-order valence-corrected chi connectivity index (χ2v) is 9.13. The molecule has 0 radical (unpaired) electrons. The number of hydrogen-bond donors (Lipinski definition) is 1. The third-order valence-electron chi connectivity index (χ3n) is 2.90. The van der Waals surface area contributed by atoms with Crippen LogP contribution in [0.15, 0.2) is 33.5 Å². The van der Waals surface area contributed by atoms with E-state index in [1.54, 1.807) is 24.3 Å². The number of Topliss-reactive ketones (excluding diaryl/α,β-unsaturated/α-hetero) is 1. The number of rotatable bonds is 7. The van der Waals surface area contributed by atoms with Crippen LogP contribution < -0.4 is 5.32 Å². The number of aromatic nitrogens is 2. The van der Waals surface area contributed by atoms with Gasteiger partial charge in [-0.3, -0.25) is 4.79 Å². The Balaban J connectivity index is 1.90. The van der Waals surface area contributed by atoms with E-state index >= 15 is 0 Å². The Morgan fingerprint density at radius 1 is 1.25 bits per heavy atom. The molecule has 0 saturated carbocycles. The fraction of sp³-hybridized carbons (Fsp3) is 0.400. The minimum absolute atomic E-state index is 0.157. The monoisotopic (exact) mass is 389 g/mol. The van der Waals surface area contributed by atoms with Gasteiger partial charge in [0.05, 0.1) is 5.75 Å². The van der Waals surface area contributed by atoms with Gasteiger partial charge in [0.1, 0.15) is 5.78 Å². The molecular formula is C15H17F2N3OS3. The molecule has 1 aromatic heterocycles. The highest BCUT2D eigenvalue weighted by Crippen LogP contribution is 2.31. The molecule has 0 fully saturated rings. The maximum Gasteiger partial charge on any atom is 0.288 e. The zero-order chi connectivity index (χ0) is 17.7. The summed E-state index contributed by atoms with van der Waals surface area (Å²) in [4.78, 5) is 12.4. The number of thioether (sulfide) groups is 2. The molecule has 130 valence electrons. The number of benzene rings is 1. The number of ketones is 1. The van der Waals surface area contributed by atoms with Crippen molar-refractivity contribution in [2.45, 2.75) is 35.8 Å². The maximum absolute atomic E-state index is 12.3. The summed E-state index contributed by atoms with van der Waals surface area (Å²) < 4.78 is 25.3. The van der Waals surface area contributed by atoms with Gasteiger partial charge < -0.3 is 5.32 Å². The van der Waals surface area contributed by atoms with E-state index in [1.807, 2.05) is 20.8 Å². The summed E-state index contributed by atoms with van der Waals surface area (Å²) in [6.45, 7) is 5.66. The predicted octanol–water partition coefficient (Wildman–Crippen LogP) is 5.30.